The second-order valence-electron chi connectivity index (χ2n) is 4.98. The minimum absolute atomic E-state index is 0.282. The molecule has 2 N–H and O–H groups in total. The van der Waals surface area contributed by atoms with E-state index in [1.165, 1.54) is 18.8 Å². The number of nitrogen functional groups attached to an aromatic ring is 1. The lowest BCUT2D eigenvalue weighted by atomic mass is 10.1. The maximum atomic E-state index is 12.2. The molecule has 7 heteroatoms. The number of hydrogen-bond acceptors (Lipinski definition) is 5. The minimum atomic E-state index is -0.431. The summed E-state index contributed by atoms with van der Waals surface area (Å²) in [6, 6.07) is 5.70. The molecule has 20 heavy (non-hydrogen) atoms. The van der Waals surface area contributed by atoms with E-state index in [0.717, 1.165) is 15.7 Å². The van der Waals surface area contributed by atoms with Crippen LogP contribution in [0.15, 0.2) is 27.8 Å². The van der Waals surface area contributed by atoms with Gasteiger partial charge in [-0.05, 0) is 23.3 Å². The molecule has 1 aliphatic heterocycles. The van der Waals surface area contributed by atoms with Crippen LogP contribution in [0.3, 0.4) is 0 Å². The molecule has 1 aromatic carbocycles. The predicted molar refractivity (Wildman–Crippen MR) is 75.5 cm³/mol. The molecule has 0 aliphatic carbocycles. The van der Waals surface area contributed by atoms with Gasteiger partial charge in [0.1, 0.15) is 0 Å². The standard InChI is InChI=1S/C13H15N5O2/c1-16-12(19)11(15-17(2)13(16)20)18-6-8-3-4-10(14)5-9(8)7-18/h3-5H,6-7,14H2,1-2H3. The first-order chi connectivity index (χ1) is 9.47. The van der Waals surface area contributed by atoms with Crippen molar-refractivity contribution in [2.75, 3.05) is 10.6 Å². The highest BCUT2D eigenvalue weighted by Gasteiger charge is 2.24. The van der Waals surface area contributed by atoms with Gasteiger partial charge in [-0.2, -0.15) is 0 Å². The Bertz CT molecular complexity index is 805. The molecule has 3 rings (SSSR count). The quantitative estimate of drug-likeness (QED) is 0.713. The Labute approximate surface area is 114 Å². The molecule has 0 amide bonds. The molecule has 0 saturated carbocycles. The third-order valence-electron chi connectivity index (χ3n) is 3.56. The van der Waals surface area contributed by atoms with E-state index in [1.54, 1.807) is 0 Å². The van der Waals surface area contributed by atoms with Crippen LogP contribution in [-0.2, 0) is 27.2 Å². The van der Waals surface area contributed by atoms with Crippen molar-refractivity contribution in [1.29, 1.82) is 0 Å². The van der Waals surface area contributed by atoms with E-state index >= 15 is 0 Å². The van der Waals surface area contributed by atoms with Gasteiger partial charge in [-0.15, -0.1) is 5.10 Å². The summed E-state index contributed by atoms with van der Waals surface area (Å²) in [7, 11) is 2.99. The van der Waals surface area contributed by atoms with E-state index in [1.807, 2.05) is 23.1 Å². The highest BCUT2D eigenvalue weighted by molar-refractivity contribution is 5.51. The first-order valence-electron chi connectivity index (χ1n) is 6.24. The Morgan fingerprint density at radius 3 is 2.60 bits per heavy atom. The largest absolute Gasteiger partial charge is 0.399 e. The van der Waals surface area contributed by atoms with E-state index in [9.17, 15) is 9.59 Å². The van der Waals surface area contributed by atoms with Crippen molar-refractivity contribution in [2.24, 2.45) is 14.1 Å². The molecule has 2 heterocycles. The van der Waals surface area contributed by atoms with Crippen LogP contribution in [0.1, 0.15) is 11.1 Å². The lowest BCUT2D eigenvalue weighted by Gasteiger charge is -2.16. The molecule has 104 valence electrons. The zero-order valence-corrected chi connectivity index (χ0v) is 11.3. The Balaban J connectivity index is 2.06. The average molecular weight is 273 g/mol. The fraction of sp³-hybridized carbons (Fsp3) is 0.308. The maximum Gasteiger partial charge on any atom is 0.346 e. The van der Waals surface area contributed by atoms with Crippen LogP contribution in [0.2, 0.25) is 0 Å². The van der Waals surface area contributed by atoms with Crippen molar-refractivity contribution in [1.82, 2.24) is 14.3 Å². The van der Waals surface area contributed by atoms with Crippen LogP contribution < -0.4 is 21.9 Å². The lowest BCUT2D eigenvalue weighted by molar-refractivity contribution is 0.590. The van der Waals surface area contributed by atoms with Crippen molar-refractivity contribution in [2.45, 2.75) is 13.1 Å². The van der Waals surface area contributed by atoms with E-state index < -0.39 is 5.69 Å². The Hall–Kier alpha value is -2.57. The van der Waals surface area contributed by atoms with Crippen molar-refractivity contribution in [3.63, 3.8) is 0 Å². The number of nitrogens with two attached hydrogens (primary N) is 1. The van der Waals surface area contributed by atoms with Crippen molar-refractivity contribution < 1.29 is 0 Å². The molecule has 0 spiro atoms. The number of nitrogens with zero attached hydrogens (tertiary/aromatic N) is 4. The molecule has 0 radical (unpaired) electrons. The summed E-state index contributed by atoms with van der Waals surface area (Å²) >= 11 is 0. The summed E-state index contributed by atoms with van der Waals surface area (Å²) in [5, 5.41) is 4.09. The van der Waals surface area contributed by atoms with E-state index in [0.29, 0.717) is 18.8 Å². The average Bonchev–Trinajstić information content (AvgIpc) is 2.83. The SMILES string of the molecule is Cn1nc(N2Cc3ccc(N)cc3C2)c(=O)n(C)c1=O. The highest BCUT2D eigenvalue weighted by Crippen LogP contribution is 2.26. The van der Waals surface area contributed by atoms with Gasteiger partial charge in [0.2, 0.25) is 5.82 Å². The molecule has 0 atom stereocenters. The highest BCUT2D eigenvalue weighted by atomic mass is 16.2. The van der Waals surface area contributed by atoms with E-state index in [-0.39, 0.29) is 11.4 Å². The van der Waals surface area contributed by atoms with Crippen LogP contribution in [0.4, 0.5) is 11.5 Å². The first kappa shape index (κ1) is 12.5. The molecular weight excluding hydrogens is 258 g/mol. The summed E-state index contributed by atoms with van der Waals surface area (Å²) in [4.78, 5) is 25.7. The number of benzene rings is 1. The lowest BCUT2D eigenvalue weighted by Crippen LogP contribution is -2.42. The van der Waals surface area contributed by atoms with Gasteiger partial charge in [0.25, 0.3) is 5.56 Å². The van der Waals surface area contributed by atoms with Crippen LogP contribution in [0.5, 0.6) is 0 Å². The van der Waals surface area contributed by atoms with Gasteiger partial charge in [0.15, 0.2) is 0 Å². The molecular formula is C13H15N5O2. The third kappa shape index (κ3) is 1.78. The number of fused-ring (bicyclic) bond motifs is 1. The van der Waals surface area contributed by atoms with Crippen LogP contribution in [0.25, 0.3) is 0 Å². The number of aromatic nitrogens is 3. The van der Waals surface area contributed by atoms with Gasteiger partial charge in [-0.3, -0.25) is 9.36 Å². The summed E-state index contributed by atoms with van der Waals surface area (Å²) < 4.78 is 2.24. The zero-order valence-electron chi connectivity index (χ0n) is 11.3. The van der Waals surface area contributed by atoms with Crippen molar-refractivity contribution in [3.8, 4) is 0 Å². The summed E-state index contributed by atoms with van der Waals surface area (Å²) in [6.07, 6.45) is 0. The van der Waals surface area contributed by atoms with Gasteiger partial charge in [0, 0.05) is 32.9 Å². The van der Waals surface area contributed by atoms with Crippen LogP contribution in [-0.4, -0.2) is 14.3 Å². The number of rotatable bonds is 1. The number of anilines is 2. The van der Waals surface area contributed by atoms with E-state index in [4.69, 9.17) is 5.73 Å². The summed E-state index contributed by atoms with van der Waals surface area (Å²) in [5.41, 5.74) is 7.86. The summed E-state index contributed by atoms with van der Waals surface area (Å²) in [6.45, 7) is 1.16. The first-order valence-corrected chi connectivity index (χ1v) is 6.24. The molecule has 0 fully saturated rings. The molecule has 2 aromatic rings. The van der Waals surface area contributed by atoms with Crippen molar-refractivity contribution in [3.05, 3.63) is 50.2 Å². The Morgan fingerprint density at radius 1 is 1.15 bits per heavy atom. The monoisotopic (exact) mass is 273 g/mol. The molecule has 0 unspecified atom stereocenters. The molecule has 1 aliphatic rings. The second kappa shape index (κ2) is 4.22. The number of hydrogen-bond donors (Lipinski definition) is 1. The predicted octanol–water partition coefficient (Wildman–Crippen LogP) is -0.419. The van der Waals surface area contributed by atoms with Gasteiger partial charge < -0.3 is 10.6 Å². The Kier molecular flexibility index (Phi) is 2.63. The van der Waals surface area contributed by atoms with Crippen molar-refractivity contribution >= 4 is 11.5 Å². The second-order valence-corrected chi connectivity index (χ2v) is 4.98. The molecule has 0 bridgehead atoms. The normalized spacial score (nSPS) is 13.6. The fourth-order valence-corrected chi connectivity index (χ4v) is 2.44. The van der Waals surface area contributed by atoms with Crippen LogP contribution in [0, 0.1) is 0 Å². The van der Waals surface area contributed by atoms with Gasteiger partial charge in [-0.25, -0.2) is 9.48 Å². The fourth-order valence-electron chi connectivity index (χ4n) is 2.44. The topological polar surface area (TPSA) is 86.2 Å². The van der Waals surface area contributed by atoms with Gasteiger partial charge in [0.05, 0.1) is 0 Å². The zero-order chi connectivity index (χ0) is 14.4. The van der Waals surface area contributed by atoms with Gasteiger partial charge >= 0.3 is 5.69 Å². The minimum Gasteiger partial charge on any atom is -0.399 e. The maximum absolute atomic E-state index is 12.2. The smallest absolute Gasteiger partial charge is 0.346 e. The third-order valence-corrected chi connectivity index (χ3v) is 3.56. The van der Waals surface area contributed by atoms with Crippen LogP contribution >= 0.6 is 0 Å². The number of aryl methyl sites for hydroxylation is 1. The van der Waals surface area contributed by atoms with E-state index in [2.05, 4.69) is 5.10 Å². The summed E-state index contributed by atoms with van der Waals surface area (Å²) in [5.74, 6) is 0.282. The van der Waals surface area contributed by atoms with Gasteiger partial charge in [-0.1, -0.05) is 6.07 Å². The molecule has 0 saturated heterocycles. The Morgan fingerprint density at radius 2 is 1.85 bits per heavy atom. The molecule has 7 nitrogen and oxygen atoms in total. The molecule has 1 aromatic heterocycles.